The van der Waals surface area contributed by atoms with Gasteiger partial charge >= 0.3 is 0 Å². The fourth-order valence-corrected chi connectivity index (χ4v) is 4.97. The lowest BCUT2D eigenvalue weighted by Gasteiger charge is -2.42. The van der Waals surface area contributed by atoms with Gasteiger partial charge in [0, 0.05) is 6.42 Å². The summed E-state index contributed by atoms with van der Waals surface area (Å²) in [5.74, 6) is -1.33. The first kappa shape index (κ1) is 28.1. The number of aliphatic hydroxyl groups excluding tert-OH is 2. The molecule has 0 radical (unpaired) electrons. The molecule has 1 heterocycles. The number of nitrogens with one attached hydrogen (secondary N) is 1. The number of amides is 1. The molecule has 0 aromatic heterocycles. The van der Waals surface area contributed by atoms with Crippen molar-refractivity contribution in [2.45, 2.75) is 63.3 Å². The maximum absolute atomic E-state index is 12.2. The van der Waals surface area contributed by atoms with E-state index >= 15 is 0 Å². The monoisotopic (exact) mass is 491 g/mol. The largest absolute Gasteiger partial charge is 0.388 e. The van der Waals surface area contributed by atoms with E-state index in [4.69, 9.17) is 24.6 Å². The Morgan fingerprint density at radius 2 is 1.65 bits per heavy atom. The highest BCUT2D eigenvalue weighted by molar-refractivity contribution is 7.87. The Morgan fingerprint density at radius 1 is 1.06 bits per heavy atom. The Morgan fingerprint density at radius 3 is 2.19 bits per heavy atom. The predicted octanol–water partition coefficient (Wildman–Crippen LogP) is -2.89. The van der Waals surface area contributed by atoms with E-state index in [0.717, 1.165) is 0 Å². The van der Waals surface area contributed by atoms with E-state index in [9.17, 15) is 31.8 Å². The number of hydrogen-bond donors (Lipinski definition) is 5. The highest BCUT2D eigenvalue weighted by Gasteiger charge is 2.48. The first-order valence-corrected chi connectivity index (χ1v) is 13.1. The van der Waals surface area contributed by atoms with Gasteiger partial charge in [0.1, 0.15) is 24.4 Å². The average Bonchev–Trinajstić information content (AvgIpc) is 2.69. The molecule has 5 atom stereocenters. The second-order valence-electron chi connectivity index (χ2n) is 7.05. The van der Waals surface area contributed by atoms with Crippen molar-refractivity contribution in [2.75, 3.05) is 31.2 Å². The van der Waals surface area contributed by atoms with Crippen LogP contribution >= 0.6 is 0 Å². The summed E-state index contributed by atoms with van der Waals surface area (Å²) in [5.41, 5.74) is 10.6. The van der Waals surface area contributed by atoms with Gasteiger partial charge < -0.3 is 31.7 Å². The number of carbonyl (C=O) groups excluding carboxylic acids is 1. The van der Waals surface area contributed by atoms with Gasteiger partial charge in [-0.1, -0.05) is 6.92 Å². The molecule has 0 bridgehead atoms. The van der Waals surface area contributed by atoms with Crippen LogP contribution in [0.3, 0.4) is 0 Å². The van der Waals surface area contributed by atoms with E-state index in [2.05, 4.69) is 5.32 Å². The van der Waals surface area contributed by atoms with Crippen LogP contribution in [0.5, 0.6) is 0 Å². The van der Waals surface area contributed by atoms with Crippen LogP contribution in [0, 0.1) is 0 Å². The van der Waals surface area contributed by atoms with Gasteiger partial charge in [0.25, 0.3) is 20.2 Å². The molecule has 13 nitrogen and oxygen atoms in total. The van der Waals surface area contributed by atoms with Crippen molar-refractivity contribution >= 4 is 26.1 Å². The summed E-state index contributed by atoms with van der Waals surface area (Å²) in [5, 5.41) is 23.2. The second-order valence-corrected chi connectivity index (χ2v) is 10.5. The van der Waals surface area contributed by atoms with Crippen molar-refractivity contribution in [3.63, 3.8) is 0 Å². The number of hydrogen-bond acceptors (Lipinski definition) is 12. The van der Waals surface area contributed by atoms with Gasteiger partial charge in [-0.15, -0.1) is 0 Å². The smallest absolute Gasteiger partial charge is 0.267 e. The van der Waals surface area contributed by atoms with Crippen LogP contribution in [0.25, 0.3) is 0 Å². The number of ether oxygens (including phenoxy) is 1. The number of carbonyl (C=O) groups is 1. The molecule has 1 rings (SSSR count). The van der Waals surface area contributed by atoms with E-state index in [1.807, 2.05) is 0 Å². The van der Waals surface area contributed by atoms with Crippen molar-refractivity contribution in [3.8, 4) is 0 Å². The highest BCUT2D eigenvalue weighted by Crippen LogP contribution is 2.25. The minimum absolute atomic E-state index is 0.0760. The van der Waals surface area contributed by atoms with E-state index in [-0.39, 0.29) is 38.1 Å². The van der Waals surface area contributed by atoms with Gasteiger partial charge in [0.2, 0.25) is 5.91 Å². The van der Waals surface area contributed by atoms with Gasteiger partial charge in [-0.25, -0.2) is 0 Å². The topological polar surface area (TPSA) is 218 Å². The summed E-state index contributed by atoms with van der Waals surface area (Å²) in [6, 6.07) is -1.40. The Balaban J connectivity index is 3.03. The van der Waals surface area contributed by atoms with E-state index in [1.165, 1.54) is 0 Å². The van der Waals surface area contributed by atoms with Crippen molar-refractivity contribution in [3.05, 3.63) is 0 Å². The van der Waals surface area contributed by atoms with Gasteiger partial charge in [-0.05, 0) is 32.4 Å². The number of aliphatic hydroxyl groups is 2. The quantitative estimate of drug-likeness (QED) is 0.155. The van der Waals surface area contributed by atoms with Crippen molar-refractivity contribution in [2.24, 2.45) is 11.5 Å². The number of rotatable bonds is 14. The fraction of sp³-hybridized carbons (Fsp3) is 0.938. The third-order valence-electron chi connectivity index (χ3n) is 4.36. The molecular formula is C16H33N3O10S2. The molecule has 7 N–H and O–H groups in total. The van der Waals surface area contributed by atoms with Gasteiger partial charge in [-0.3, -0.25) is 13.2 Å². The minimum atomic E-state index is -4.19. The van der Waals surface area contributed by atoms with E-state index in [1.54, 1.807) is 6.92 Å². The molecule has 0 aromatic carbocycles. The molecule has 0 aliphatic carbocycles. The summed E-state index contributed by atoms with van der Waals surface area (Å²) < 4.78 is 63.5. The molecule has 1 fully saturated rings. The molecule has 1 saturated heterocycles. The lowest BCUT2D eigenvalue weighted by atomic mass is 9.97. The summed E-state index contributed by atoms with van der Waals surface area (Å²) in [4.78, 5) is 11.9. The third-order valence-corrected chi connectivity index (χ3v) is 6.95. The Hall–Kier alpha value is -0.910. The number of nitrogens with two attached hydrogens (primary N) is 2. The predicted molar refractivity (Wildman–Crippen MR) is 109 cm³/mol. The van der Waals surface area contributed by atoms with Crippen molar-refractivity contribution in [1.82, 2.24) is 5.32 Å². The summed E-state index contributed by atoms with van der Waals surface area (Å²) >= 11 is 0. The molecule has 0 spiro atoms. The first-order valence-electron chi connectivity index (χ1n) is 9.95. The van der Waals surface area contributed by atoms with Crippen LogP contribution in [0.4, 0.5) is 0 Å². The zero-order valence-electron chi connectivity index (χ0n) is 17.4. The van der Waals surface area contributed by atoms with Crippen molar-refractivity contribution < 1.29 is 44.9 Å². The third kappa shape index (κ3) is 9.63. The zero-order chi connectivity index (χ0) is 23.7. The van der Waals surface area contributed by atoms with Crippen LogP contribution in [0.2, 0.25) is 0 Å². The van der Waals surface area contributed by atoms with Crippen LogP contribution in [-0.4, -0.2) is 94.8 Å². The maximum atomic E-state index is 12.2. The molecule has 0 saturated carbocycles. The molecule has 184 valence electrons. The Bertz CT molecular complexity index is 762. The molecular weight excluding hydrogens is 458 g/mol. The Kier molecular flexibility index (Phi) is 11.8. The van der Waals surface area contributed by atoms with E-state index < -0.39 is 69.1 Å². The molecule has 15 heteroatoms. The molecule has 1 unspecified atom stereocenters. The molecule has 0 aromatic rings. The molecule has 1 amide bonds. The lowest BCUT2D eigenvalue weighted by Crippen LogP contribution is -2.65. The molecule has 1 aliphatic heterocycles. The summed E-state index contributed by atoms with van der Waals surface area (Å²) in [6.45, 7) is 1.21. The Labute approximate surface area is 182 Å². The minimum Gasteiger partial charge on any atom is -0.388 e. The average molecular weight is 492 g/mol. The van der Waals surface area contributed by atoms with Gasteiger partial charge in [-0.2, -0.15) is 16.8 Å². The summed E-state index contributed by atoms with van der Waals surface area (Å²) in [6.07, 6.45) is -5.80. The molecule has 31 heavy (non-hydrogen) atoms. The van der Waals surface area contributed by atoms with Gasteiger partial charge in [0.05, 0.1) is 18.1 Å². The van der Waals surface area contributed by atoms with Crippen LogP contribution in [0.15, 0.2) is 0 Å². The van der Waals surface area contributed by atoms with E-state index in [0.29, 0.717) is 6.42 Å². The van der Waals surface area contributed by atoms with Crippen LogP contribution in [0.1, 0.15) is 32.6 Å². The van der Waals surface area contributed by atoms with Crippen LogP contribution < -0.4 is 16.8 Å². The SMILES string of the molecule is CCCC(=O)N[C@H]1C(O)O[C@H](COS(=O)(=O)CCCN)[C@@H](OS(=O)(=O)CCCN)[C@@H]1O. The zero-order valence-corrected chi connectivity index (χ0v) is 19.0. The first-order chi connectivity index (χ1) is 14.5. The lowest BCUT2D eigenvalue weighted by molar-refractivity contribution is -0.246. The normalized spacial score (nSPS) is 27.2. The molecule has 1 aliphatic rings. The standard InChI is InChI=1S/C16H33N3O10S2/c1-2-5-12(20)19-13-14(21)15(29-31(25,26)9-4-7-18)11(28-16(13)22)10-27-30(23,24)8-3-6-17/h11,13-16,21-22H,2-10,17-18H2,1H3,(H,19,20)/t11-,13-,14-,15-,16?/m1/s1. The summed E-state index contributed by atoms with van der Waals surface area (Å²) in [7, 11) is -8.21. The maximum Gasteiger partial charge on any atom is 0.267 e. The fourth-order valence-electron chi connectivity index (χ4n) is 2.80. The van der Waals surface area contributed by atoms with Crippen LogP contribution in [-0.2, 0) is 38.1 Å². The van der Waals surface area contributed by atoms with Gasteiger partial charge in [0.15, 0.2) is 6.29 Å². The highest BCUT2D eigenvalue weighted by atomic mass is 32.2. The van der Waals surface area contributed by atoms with Crippen molar-refractivity contribution in [1.29, 1.82) is 0 Å². The second kappa shape index (κ2) is 13.0.